The van der Waals surface area contributed by atoms with Crippen LogP contribution in [-0.2, 0) is 6.54 Å². The fourth-order valence-electron chi connectivity index (χ4n) is 1.71. The summed E-state index contributed by atoms with van der Waals surface area (Å²) >= 11 is 0. The van der Waals surface area contributed by atoms with E-state index in [9.17, 15) is 4.79 Å². The predicted molar refractivity (Wildman–Crippen MR) is 68.0 cm³/mol. The van der Waals surface area contributed by atoms with Crippen LogP contribution in [0.3, 0.4) is 0 Å². The SMILES string of the molecule is Cc1noc(C)c1C(=O)NCc1ccc(N)cc1. The molecule has 5 nitrogen and oxygen atoms in total. The molecule has 0 aliphatic heterocycles. The minimum absolute atomic E-state index is 0.178. The second kappa shape index (κ2) is 4.91. The van der Waals surface area contributed by atoms with Crippen LogP contribution in [0.2, 0.25) is 0 Å². The van der Waals surface area contributed by atoms with Gasteiger partial charge in [0.25, 0.3) is 5.91 Å². The van der Waals surface area contributed by atoms with Crippen LogP contribution >= 0.6 is 0 Å². The molecule has 0 radical (unpaired) electrons. The van der Waals surface area contributed by atoms with Crippen LogP contribution in [-0.4, -0.2) is 11.1 Å². The van der Waals surface area contributed by atoms with E-state index in [1.54, 1.807) is 26.0 Å². The summed E-state index contributed by atoms with van der Waals surface area (Å²) in [5.41, 5.74) is 8.39. The Balaban J connectivity index is 2.03. The van der Waals surface area contributed by atoms with E-state index in [0.717, 1.165) is 5.56 Å². The number of carbonyl (C=O) groups is 1. The molecule has 0 bridgehead atoms. The molecule has 5 heteroatoms. The highest BCUT2D eigenvalue weighted by Gasteiger charge is 2.16. The van der Waals surface area contributed by atoms with Crippen molar-refractivity contribution in [1.82, 2.24) is 10.5 Å². The van der Waals surface area contributed by atoms with E-state index in [0.29, 0.717) is 29.2 Å². The Kier molecular flexibility index (Phi) is 3.32. The van der Waals surface area contributed by atoms with Gasteiger partial charge in [-0.2, -0.15) is 0 Å². The topological polar surface area (TPSA) is 81.2 Å². The number of nitrogens with zero attached hydrogens (tertiary/aromatic N) is 1. The lowest BCUT2D eigenvalue weighted by Gasteiger charge is -2.05. The van der Waals surface area contributed by atoms with Crippen LogP contribution < -0.4 is 11.1 Å². The number of aromatic nitrogens is 1. The molecule has 0 fully saturated rings. The Morgan fingerprint density at radius 1 is 1.33 bits per heavy atom. The van der Waals surface area contributed by atoms with Gasteiger partial charge in [-0.1, -0.05) is 17.3 Å². The molecule has 0 unspecified atom stereocenters. The number of benzene rings is 1. The first-order valence-electron chi connectivity index (χ1n) is 5.63. The van der Waals surface area contributed by atoms with Crippen molar-refractivity contribution in [3.63, 3.8) is 0 Å². The molecule has 1 aromatic carbocycles. The van der Waals surface area contributed by atoms with Crippen molar-refractivity contribution in [1.29, 1.82) is 0 Å². The number of nitrogens with two attached hydrogens (primary N) is 1. The van der Waals surface area contributed by atoms with Crippen molar-refractivity contribution in [2.75, 3.05) is 5.73 Å². The molecule has 0 aliphatic rings. The third-order valence-electron chi connectivity index (χ3n) is 2.69. The normalized spacial score (nSPS) is 10.3. The largest absolute Gasteiger partial charge is 0.399 e. The average molecular weight is 245 g/mol. The molecular weight excluding hydrogens is 230 g/mol. The Morgan fingerprint density at radius 2 is 2.00 bits per heavy atom. The number of nitrogen functional groups attached to an aromatic ring is 1. The van der Waals surface area contributed by atoms with Gasteiger partial charge in [-0.25, -0.2) is 0 Å². The molecule has 2 aromatic rings. The summed E-state index contributed by atoms with van der Waals surface area (Å²) in [6, 6.07) is 7.36. The van der Waals surface area contributed by atoms with Gasteiger partial charge in [-0.15, -0.1) is 0 Å². The van der Waals surface area contributed by atoms with Crippen molar-refractivity contribution in [2.45, 2.75) is 20.4 Å². The van der Waals surface area contributed by atoms with Crippen LogP contribution in [0, 0.1) is 13.8 Å². The van der Waals surface area contributed by atoms with Crippen LogP contribution in [0.15, 0.2) is 28.8 Å². The zero-order chi connectivity index (χ0) is 13.1. The fraction of sp³-hybridized carbons (Fsp3) is 0.231. The van der Waals surface area contributed by atoms with Gasteiger partial charge in [0.1, 0.15) is 11.3 Å². The summed E-state index contributed by atoms with van der Waals surface area (Å²) in [4.78, 5) is 12.0. The molecule has 18 heavy (non-hydrogen) atoms. The maximum absolute atomic E-state index is 12.0. The molecule has 0 spiro atoms. The van der Waals surface area contributed by atoms with Gasteiger partial charge in [0.15, 0.2) is 0 Å². The first-order chi connectivity index (χ1) is 8.58. The minimum atomic E-state index is -0.178. The molecule has 1 aromatic heterocycles. The maximum atomic E-state index is 12.0. The third kappa shape index (κ3) is 2.51. The van der Waals surface area contributed by atoms with E-state index in [1.807, 2.05) is 12.1 Å². The van der Waals surface area contributed by atoms with Crippen molar-refractivity contribution in [3.8, 4) is 0 Å². The second-order valence-corrected chi connectivity index (χ2v) is 4.12. The third-order valence-corrected chi connectivity index (χ3v) is 2.69. The standard InChI is InChI=1S/C13H15N3O2/c1-8-12(9(2)18-16-8)13(17)15-7-10-3-5-11(14)6-4-10/h3-6H,7,14H2,1-2H3,(H,15,17). The summed E-state index contributed by atoms with van der Waals surface area (Å²) in [6.07, 6.45) is 0. The molecule has 1 heterocycles. The fourth-order valence-corrected chi connectivity index (χ4v) is 1.71. The summed E-state index contributed by atoms with van der Waals surface area (Å²) in [5.74, 6) is 0.352. The Hall–Kier alpha value is -2.30. The monoisotopic (exact) mass is 245 g/mol. The quantitative estimate of drug-likeness (QED) is 0.808. The van der Waals surface area contributed by atoms with E-state index < -0.39 is 0 Å². The summed E-state index contributed by atoms with van der Waals surface area (Å²) in [5, 5.41) is 6.57. The Labute approximate surface area is 105 Å². The van der Waals surface area contributed by atoms with Crippen molar-refractivity contribution < 1.29 is 9.32 Å². The Morgan fingerprint density at radius 3 is 2.56 bits per heavy atom. The van der Waals surface area contributed by atoms with E-state index in [4.69, 9.17) is 10.3 Å². The number of nitrogens with one attached hydrogen (secondary N) is 1. The molecule has 0 saturated carbocycles. The van der Waals surface area contributed by atoms with Crippen molar-refractivity contribution in [3.05, 3.63) is 46.8 Å². The zero-order valence-corrected chi connectivity index (χ0v) is 10.4. The van der Waals surface area contributed by atoms with Gasteiger partial charge in [0.05, 0.1) is 5.69 Å². The number of amides is 1. The molecule has 3 N–H and O–H groups in total. The first kappa shape index (κ1) is 12.2. The number of hydrogen-bond donors (Lipinski definition) is 2. The van der Waals surface area contributed by atoms with Crippen LogP contribution in [0.25, 0.3) is 0 Å². The lowest BCUT2D eigenvalue weighted by molar-refractivity contribution is 0.0949. The van der Waals surface area contributed by atoms with Gasteiger partial charge < -0.3 is 15.6 Å². The lowest BCUT2D eigenvalue weighted by Crippen LogP contribution is -2.23. The summed E-state index contributed by atoms with van der Waals surface area (Å²) < 4.78 is 4.96. The van der Waals surface area contributed by atoms with Crippen molar-refractivity contribution in [2.24, 2.45) is 0 Å². The number of hydrogen-bond acceptors (Lipinski definition) is 4. The van der Waals surface area contributed by atoms with Crippen LogP contribution in [0.4, 0.5) is 5.69 Å². The maximum Gasteiger partial charge on any atom is 0.257 e. The van der Waals surface area contributed by atoms with Gasteiger partial charge in [-0.3, -0.25) is 4.79 Å². The second-order valence-electron chi connectivity index (χ2n) is 4.12. The number of aryl methyl sites for hydroxylation is 2. The number of anilines is 1. The Bertz CT molecular complexity index is 539. The van der Waals surface area contributed by atoms with Gasteiger partial charge >= 0.3 is 0 Å². The van der Waals surface area contributed by atoms with Crippen LogP contribution in [0.1, 0.15) is 27.4 Å². The lowest BCUT2D eigenvalue weighted by atomic mass is 10.1. The van der Waals surface area contributed by atoms with E-state index in [-0.39, 0.29) is 5.91 Å². The molecule has 0 saturated heterocycles. The molecule has 94 valence electrons. The average Bonchev–Trinajstić information content (AvgIpc) is 2.68. The first-order valence-corrected chi connectivity index (χ1v) is 5.63. The molecule has 0 atom stereocenters. The number of rotatable bonds is 3. The summed E-state index contributed by atoms with van der Waals surface area (Å²) in [6.45, 7) is 3.91. The van der Waals surface area contributed by atoms with Crippen molar-refractivity contribution >= 4 is 11.6 Å². The van der Waals surface area contributed by atoms with Gasteiger partial charge in [-0.05, 0) is 31.5 Å². The minimum Gasteiger partial charge on any atom is -0.399 e. The molecule has 2 rings (SSSR count). The highest BCUT2D eigenvalue weighted by Crippen LogP contribution is 2.12. The molecule has 1 amide bonds. The smallest absolute Gasteiger partial charge is 0.257 e. The van der Waals surface area contributed by atoms with E-state index in [2.05, 4.69) is 10.5 Å². The molecular formula is C13H15N3O2. The predicted octanol–water partition coefficient (Wildman–Crippen LogP) is 1.80. The van der Waals surface area contributed by atoms with Gasteiger partial charge in [0, 0.05) is 12.2 Å². The zero-order valence-electron chi connectivity index (χ0n) is 10.4. The van der Waals surface area contributed by atoms with Gasteiger partial charge in [0.2, 0.25) is 0 Å². The molecule has 0 aliphatic carbocycles. The number of carbonyl (C=O) groups excluding carboxylic acids is 1. The van der Waals surface area contributed by atoms with E-state index in [1.165, 1.54) is 0 Å². The highest BCUT2D eigenvalue weighted by atomic mass is 16.5. The van der Waals surface area contributed by atoms with Crippen LogP contribution in [0.5, 0.6) is 0 Å². The summed E-state index contributed by atoms with van der Waals surface area (Å²) in [7, 11) is 0. The highest BCUT2D eigenvalue weighted by molar-refractivity contribution is 5.96. The van der Waals surface area contributed by atoms with E-state index >= 15 is 0 Å².